The lowest BCUT2D eigenvalue weighted by molar-refractivity contribution is 0.0950. The highest BCUT2D eigenvalue weighted by atomic mass is 35.7. The number of methoxy groups -OCH3 is 1. The summed E-state index contributed by atoms with van der Waals surface area (Å²) in [6.07, 6.45) is 1.48. The Labute approximate surface area is 127 Å². The van der Waals surface area contributed by atoms with Crippen LogP contribution < -0.4 is 5.32 Å². The van der Waals surface area contributed by atoms with Crippen molar-refractivity contribution in [3.05, 3.63) is 29.1 Å². The summed E-state index contributed by atoms with van der Waals surface area (Å²) in [6.45, 7) is 2.39. The van der Waals surface area contributed by atoms with Gasteiger partial charge in [-0.1, -0.05) is 0 Å². The third-order valence-electron chi connectivity index (χ3n) is 2.89. The zero-order valence-electron chi connectivity index (χ0n) is 11.8. The van der Waals surface area contributed by atoms with Gasteiger partial charge in [0, 0.05) is 36.5 Å². The predicted molar refractivity (Wildman–Crippen MR) is 77.6 cm³/mol. The molecule has 0 unspecified atom stereocenters. The molecule has 118 valence electrons. The summed E-state index contributed by atoms with van der Waals surface area (Å²) in [4.78, 5) is 11.6. The van der Waals surface area contributed by atoms with Crippen molar-refractivity contribution in [2.45, 2.75) is 24.7 Å². The summed E-state index contributed by atoms with van der Waals surface area (Å²) in [6, 6.07) is 1.79. The van der Waals surface area contributed by atoms with E-state index in [2.05, 4.69) is 5.32 Å². The molecule has 5 nitrogen and oxygen atoms in total. The largest absolute Gasteiger partial charge is 0.385 e. The Balaban J connectivity index is 2.88. The zero-order chi connectivity index (χ0) is 16.0. The molecule has 0 aliphatic carbocycles. The second-order valence-electron chi connectivity index (χ2n) is 4.47. The minimum absolute atomic E-state index is 0.0408. The zero-order valence-corrected chi connectivity index (χ0v) is 13.4. The summed E-state index contributed by atoms with van der Waals surface area (Å²) < 4.78 is 41.1. The van der Waals surface area contributed by atoms with Crippen LogP contribution in [0.4, 0.5) is 4.39 Å². The van der Waals surface area contributed by atoms with Crippen LogP contribution in [0.5, 0.6) is 0 Å². The van der Waals surface area contributed by atoms with Gasteiger partial charge >= 0.3 is 0 Å². The normalized spacial score (nSPS) is 11.4. The van der Waals surface area contributed by atoms with Crippen LogP contribution in [0.1, 0.15) is 28.8 Å². The molecule has 1 N–H and O–H groups in total. The van der Waals surface area contributed by atoms with E-state index in [1.54, 1.807) is 7.11 Å². The Bertz CT molecular complexity index is 619. The van der Waals surface area contributed by atoms with Crippen LogP contribution in [0.25, 0.3) is 0 Å². The number of nitrogens with one attached hydrogen (secondary N) is 1. The van der Waals surface area contributed by atoms with E-state index < -0.39 is 25.7 Å². The van der Waals surface area contributed by atoms with Gasteiger partial charge in [-0.3, -0.25) is 4.79 Å². The molecule has 21 heavy (non-hydrogen) atoms. The van der Waals surface area contributed by atoms with Crippen molar-refractivity contribution in [3.8, 4) is 0 Å². The lowest BCUT2D eigenvalue weighted by Gasteiger charge is -2.10. The number of carbonyl (C=O) groups excluding carboxylic acids is 1. The number of amides is 1. The molecular weight excluding hydrogens is 321 g/mol. The minimum Gasteiger partial charge on any atom is -0.385 e. The molecule has 0 bridgehead atoms. The average Bonchev–Trinajstić information content (AvgIpc) is 2.39. The standard InChI is InChI=1S/C13H17ClFNO4S/c1-9-11(13(17)16-5-3-4-6-20-2)7-10(15)8-12(9)21(14,18)19/h7-8H,3-6H2,1-2H3,(H,16,17). The highest BCUT2D eigenvalue weighted by Crippen LogP contribution is 2.24. The number of rotatable bonds is 7. The fraction of sp³-hybridized carbons (Fsp3) is 0.462. The SMILES string of the molecule is COCCCCNC(=O)c1cc(F)cc(S(=O)(=O)Cl)c1C. The van der Waals surface area contributed by atoms with Gasteiger partial charge in [0.15, 0.2) is 0 Å². The van der Waals surface area contributed by atoms with Gasteiger partial charge in [0.05, 0.1) is 4.90 Å². The maximum absolute atomic E-state index is 13.5. The Morgan fingerprint density at radius 3 is 2.62 bits per heavy atom. The van der Waals surface area contributed by atoms with Crippen LogP contribution in [0.3, 0.4) is 0 Å². The van der Waals surface area contributed by atoms with Gasteiger partial charge in [-0.2, -0.15) is 0 Å². The lowest BCUT2D eigenvalue weighted by atomic mass is 10.1. The van der Waals surface area contributed by atoms with Crippen molar-refractivity contribution < 1.29 is 22.3 Å². The van der Waals surface area contributed by atoms with Gasteiger partial charge in [-0.05, 0) is 37.5 Å². The van der Waals surface area contributed by atoms with E-state index in [9.17, 15) is 17.6 Å². The molecule has 0 heterocycles. The molecule has 1 amide bonds. The quantitative estimate of drug-likeness (QED) is 0.611. The van der Waals surface area contributed by atoms with E-state index in [1.807, 2.05) is 0 Å². The number of unbranched alkanes of at least 4 members (excludes halogenated alkanes) is 1. The highest BCUT2D eigenvalue weighted by molar-refractivity contribution is 8.13. The van der Waals surface area contributed by atoms with Gasteiger partial charge in [-0.25, -0.2) is 12.8 Å². The first-order valence-corrected chi connectivity index (χ1v) is 8.60. The first kappa shape index (κ1) is 17.9. The van der Waals surface area contributed by atoms with E-state index in [-0.39, 0.29) is 11.1 Å². The smallest absolute Gasteiger partial charge is 0.261 e. The molecule has 0 aromatic heterocycles. The molecule has 0 radical (unpaired) electrons. The maximum atomic E-state index is 13.5. The summed E-state index contributed by atoms with van der Waals surface area (Å²) in [5, 5.41) is 2.61. The van der Waals surface area contributed by atoms with Crippen LogP contribution in [-0.2, 0) is 13.8 Å². The van der Waals surface area contributed by atoms with Crippen molar-refractivity contribution in [3.63, 3.8) is 0 Å². The average molecular weight is 338 g/mol. The maximum Gasteiger partial charge on any atom is 0.261 e. The monoisotopic (exact) mass is 337 g/mol. The van der Waals surface area contributed by atoms with Crippen LogP contribution in [0, 0.1) is 12.7 Å². The molecule has 1 rings (SSSR count). The lowest BCUT2D eigenvalue weighted by Crippen LogP contribution is -2.26. The molecule has 0 saturated heterocycles. The Morgan fingerprint density at radius 1 is 1.38 bits per heavy atom. The summed E-state index contributed by atoms with van der Waals surface area (Å²) in [5.74, 6) is -1.37. The van der Waals surface area contributed by atoms with Crippen molar-refractivity contribution in [2.24, 2.45) is 0 Å². The van der Waals surface area contributed by atoms with E-state index in [0.717, 1.165) is 18.6 Å². The second kappa shape index (κ2) is 7.72. The number of benzene rings is 1. The van der Waals surface area contributed by atoms with E-state index in [4.69, 9.17) is 15.4 Å². The molecule has 0 atom stereocenters. The fourth-order valence-electron chi connectivity index (χ4n) is 1.81. The number of halogens is 2. The van der Waals surface area contributed by atoms with Gasteiger partial charge in [0.25, 0.3) is 15.0 Å². The first-order valence-electron chi connectivity index (χ1n) is 6.29. The Morgan fingerprint density at radius 2 is 2.05 bits per heavy atom. The molecule has 8 heteroatoms. The third-order valence-corrected chi connectivity index (χ3v) is 4.34. The van der Waals surface area contributed by atoms with Crippen molar-refractivity contribution in [2.75, 3.05) is 20.3 Å². The fourth-order valence-corrected chi connectivity index (χ4v) is 3.02. The number of hydrogen-bond acceptors (Lipinski definition) is 4. The minimum atomic E-state index is -4.11. The van der Waals surface area contributed by atoms with E-state index in [0.29, 0.717) is 19.6 Å². The van der Waals surface area contributed by atoms with Crippen LogP contribution in [0.2, 0.25) is 0 Å². The van der Waals surface area contributed by atoms with Crippen molar-refractivity contribution in [1.82, 2.24) is 5.32 Å². The summed E-state index contributed by atoms with van der Waals surface area (Å²) in [7, 11) is 2.71. The summed E-state index contributed by atoms with van der Waals surface area (Å²) in [5.41, 5.74) is 0.0850. The summed E-state index contributed by atoms with van der Waals surface area (Å²) >= 11 is 0. The second-order valence-corrected chi connectivity index (χ2v) is 7.00. The first-order chi connectivity index (χ1) is 9.77. The topological polar surface area (TPSA) is 72.5 Å². The van der Waals surface area contributed by atoms with Gasteiger partial charge in [-0.15, -0.1) is 0 Å². The molecule has 0 saturated carbocycles. The highest BCUT2D eigenvalue weighted by Gasteiger charge is 2.20. The molecule has 0 fully saturated rings. The predicted octanol–water partition coefficient (Wildman–Crippen LogP) is 2.22. The molecule has 0 aliphatic rings. The van der Waals surface area contributed by atoms with Crippen molar-refractivity contribution in [1.29, 1.82) is 0 Å². The molecule has 0 spiro atoms. The van der Waals surface area contributed by atoms with Crippen LogP contribution >= 0.6 is 10.7 Å². The number of hydrogen-bond donors (Lipinski definition) is 1. The number of ether oxygens (including phenoxy) is 1. The van der Waals surface area contributed by atoms with Gasteiger partial charge in [0.2, 0.25) is 0 Å². The third kappa shape index (κ3) is 5.26. The van der Waals surface area contributed by atoms with Crippen LogP contribution in [-0.4, -0.2) is 34.6 Å². The molecular formula is C13H17ClFNO4S. The van der Waals surface area contributed by atoms with E-state index >= 15 is 0 Å². The van der Waals surface area contributed by atoms with Crippen molar-refractivity contribution >= 4 is 25.6 Å². The Kier molecular flexibility index (Phi) is 6.57. The Hall–Kier alpha value is -1.18. The van der Waals surface area contributed by atoms with Gasteiger partial charge in [0.1, 0.15) is 5.82 Å². The molecule has 1 aromatic carbocycles. The number of carbonyl (C=O) groups is 1. The molecule has 0 aliphatic heterocycles. The molecule has 1 aromatic rings. The van der Waals surface area contributed by atoms with E-state index in [1.165, 1.54) is 6.92 Å². The van der Waals surface area contributed by atoms with Crippen LogP contribution in [0.15, 0.2) is 17.0 Å². The van der Waals surface area contributed by atoms with Gasteiger partial charge < -0.3 is 10.1 Å².